The van der Waals surface area contributed by atoms with Gasteiger partial charge in [-0.3, -0.25) is 4.79 Å². The van der Waals surface area contributed by atoms with E-state index in [2.05, 4.69) is 25.4 Å². The van der Waals surface area contributed by atoms with Gasteiger partial charge in [-0.1, -0.05) is 24.3 Å². The average molecular weight is 418 g/mol. The van der Waals surface area contributed by atoms with Crippen LogP contribution in [0.4, 0.5) is 21.8 Å². The van der Waals surface area contributed by atoms with Crippen molar-refractivity contribution in [3.05, 3.63) is 77.7 Å². The maximum Gasteiger partial charge on any atom is 0.246 e. The molecule has 0 atom stereocenters. The van der Waals surface area contributed by atoms with Gasteiger partial charge >= 0.3 is 0 Å². The minimum absolute atomic E-state index is 0.126. The minimum Gasteiger partial charge on any atom is -0.352 e. The Morgan fingerprint density at radius 3 is 2.48 bits per heavy atom. The van der Waals surface area contributed by atoms with Crippen LogP contribution in [0.15, 0.2) is 60.7 Å². The summed E-state index contributed by atoms with van der Waals surface area (Å²) in [5.41, 5.74) is 1.32. The van der Waals surface area contributed by atoms with Gasteiger partial charge in [-0.15, -0.1) is 10.2 Å². The zero-order chi connectivity index (χ0) is 21.6. The largest absolute Gasteiger partial charge is 0.352 e. The second-order valence-corrected chi connectivity index (χ2v) is 7.23. The van der Waals surface area contributed by atoms with Crippen LogP contribution < -0.4 is 10.2 Å². The normalized spacial score (nSPS) is 14.1. The molecule has 2 aromatic heterocycles. The van der Waals surface area contributed by atoms with E-state index < -0.39 is 0 Å². The number of carbonyl (C=O) groups is 1. The summed E-state index contributed by atoms with van der Waals surface area (Å²) in [5, 5.41) is 11.7. The number of piperazine rings is 1. The lowest BCUT2D eigenvalue weighted by atomic mass is 10.2. The SMILES string of the molecule is Cc1cccc(Nc2ccc(N3CCN(C(=O)/C=C/c4ccccc4F)CC3)nn2)n1. The number of amides is 1. The third kappa shape index (κ3) is 5.22. The predicted octanol–water partition coefficient (Wildman–Crippen LogP) is 3.42. The van der Waals surface area contributed by atoms with Gasteiger partial charge in [-0.25, -0.2) is 9.37 Å². The maximum absolute atomic E-state index is 13.7. The van der Waals surface area contributed by atoms with Gasteiger partial charge in [0.05, 0.1) is 0 Å². The van der Waals surface area contributed by atoms with E-state index >= 15 is 0 Å². The number of rotatable bonds is 5. The Hall–Kier alpha value is -3.81. The van der Waals surface area contributed by atoms with Crippen LogP contribution in [0, 0.1) is 12.7 Å². The Morgan fingerprint density at radius 2 is 1.77 bits per heavy atom. The Balaban J connectivity index is 1.31. The van der Waals surface area contributed by atoms with Crippen molar-refractivity contribution in [2.75, 3.05) is 36.4 Å². The first-order valence-corrected chi connectivity index (χ1v) is 10.1. The number of pyridine rings is 1. The van der Waals surface area contributed by atoms with Crippen LogP contribution in [-0.4, -0.2) is 52.2 Å². The minimum atomic E-state index is -0.342. The number of carbonyl (C=O) groups excluding carboxylic acids is 1. The second kappa shape index (κ2) is 9.34. The Kier molecular flexibility index (Phi) is 6.16. The molecule has 31 heavy (non-hydrogen) atoms. The van der Waals surface area contributed by atoms with Gasteiger partial charge in [-0.2, -0.15) is 0 Å². The van der Waals surface area contributed by atoms with Crippen LogP contribution in [0.5, 0.6) is 0 Å². The van der Waals surface area contributed by atoms with Crippen LogP contribution in [-0.2, 0) is 4.79 Å². The van der Waals surface area contributed by atoms with Gasteiger partial charge in [0.2, 0.25) is 5.91 Å². The molecule has 1 saturated heterocycles. The Bertz CT molecular complexity index is 1080. The molecule has 7 nitrogen and oxygen atoms in total. The van der Waals surface area contributed by atoms with E-state index in [4.69, 9.17) is 0 Å². The number of benzene rings is 1. The lowest BCUT2D eigenvalue weighted by Crippen LogP contribution is -2.48. The van der Waals surface area contributed by atoms with Gasteiger partial charge in [-0.05, 0) is 43.3 Å². The number of hydrogen-bond donors (Lipinski definition) is 1. The summed E-state index contributed by atoms with van der Waals surface area (Å²) in [6, 6.07) is 15.9. The number of aromatic nitrogens is 3. The molecule has 1 aliphatic rings. The van der Waals surface area contributed by atoms with E-state index in [1.54, 1.807) is 23.1 Å². The summed E-state index contributed by atoms with van der Waals surface area (Å²) < 4.78 is 13.7. The van der Waals surface area contributed by atoms with E-state index in [1.807, 2.05) is 37.3 Å². The fourth-order valence-electron chi connectivity index (χ4n) is 3.34. The third-order valence-electron chi connectivity index (χ3n) is 5.02. The molecule has 1 N–H and O–H groups in total. The van der Waals surface area contributed by atoms with E-state index in [9.17, 15) is 9.18 Å². The number of halogens is 1. The Morgan fingerprint density at radius 1 is 0.968 bits per heavy atom. The van der Waals surface area contributed by atoms with Gasteiger partial charge in [0.1, 0.15) is 11.6 Å². The summed E-state index contributed by atoms with van der Waals surface area (Å²) in [5.74, 6) is 1.63. The summed E-state index contributed by atoms with van der Waals surface area (Å²) >= 11 is 0. The molecule has 158 valence electrons. The monoisotopic (exact) mass is 418 g/mol. The van der Waals surface area contributed by atoms with Crippen LogP contribution in [0.2, 0.25) is 0 Å². The van der Waals surface area contributed by atoms with Crippen molar-refractivity contribution < 1.29 is 9.18 Å². The standard InChI is InChI=1S/C23H23FN6O/c1-17-5-4-8-20(25-17)26-21-10-11-22(28-27-21)29-13-15-30(16-14-29)23(31)12-9-18-6-2-3-7-19(18)24/h2-12H,13-16H2,1H3,(H,25,26,27)/b12-9+. The molecule has 1 amide bonds. The van der Waals surface area contributed by atoms with Crippen molar-refractivity contribution in [3.63, 3.8) is 0 Å². The summed E-state index contributed by atoms with van der Waals surface area (Å²) in [6.07, 6.45) is 2.94. The van der Waals surface area contributed by atoms with Crippen molar-refractivity contribution in [1.29, 1.82) is 0 Å². The summed E-state index contributed by atoms with van der Waals surface area (Å²) in [6.45, 7) is 4.37. The van der Waals surface area contributed by atoms with Crippen molar-refractivity contribution in [2.45, 2.75) is 6.92 Å². The first-order valence-electron chi connectivity index (χ1n) is 10.1. The smallest absolute Gasteiger partial charge is 0.246 e. The maximum atomic E-state index is 13.7. The van der Waals surface area contributed by atoms with Crippen molar-refractivity contribution in [3.8, 4) is 0 Å². The fraction of sp³-hybridized carbons (Fsp3) is 0.217. The molecular weight excluding hydrogens is 395 g/mol. The van der Waals surface area contributed by atoms with Gasteiger partial charge in [0, 0.05) is 43.5 Å². The molecule has 3 heterocycles. The summed E-state index contributed by atoms with van der Waals surface area (Å²) in [7, 11) is 0. The van der Waals surface area contributed by atoms with Gasteiger partial charge in [0.15, 0.2) is 11.6 Å². The van der Waals surface area contributed by atoms with Crippen molar-refractivity contribution >= 4 is 29.4 Å². The van der Waals surface area contributed by atoms with Crippen molar-refractivity contribution in [1.82, 2.24) is 20.1 Å². The highest BCUT2D eigenvalue weighted by molar-refractivity contribution is 5.92. The lowest BCUT2D eigenvalue weighted by Gasteiger charge is -2.34. The molecule has 0 radical (unpaired) electrons. The molecule has 3 aromatic rings. The highest BCUT2D eigenvalue weighted by Crippen LogP contribution is 2.17. The molecule has 0 spiro atoms. The van der Waals surface area contributed by atoms with Crippen LogP contribution in [0.25, 0.3) is 6.08 Å². The number of hydrogen-bond acceptors (Lipinski definition) is 6. The fourth-order valence-corrected chi connectivity index (χ4v) is 3.34. The number of nitrogens with one attached hydrogen (secondary N) is 1. The van der Waals surface area contributed by atoms with Crippen molar-refractivity contribution in [2.24, 2.45) is 0 Å². The van der Waals surface area contributed by atoms with Gasteiger partial charge < -0.3 is 15.1 Å². The highest BCUT2D eigenvalue weighted by Gasteiger charge is 2.21. The zero-order valence-corrected chi connectivity index (χ0v) is 17.2. The molecule has 0 unspecified atom stereocenters. The zero-order valence-electron chi connectivity index (χ0n) is 17.2. The highest BCUT2D eigenvalue weighted by atomic mass is 19.1. The van der Waals surface area contributed by atoms with E-state index in [-0.39, 0.29) is 11.7 Å². The molecule has 0 saturated carbocycles. The van der Waals surface area contributed by atoms with Gasteiger partial charge in [0.25, 0.3) is 0 Å². The third-order valence-corrected chi connectivity index (χ3v) is 5.02. The van der Waals surface area contributed by atoms with Crippen LogP contribution >= 0.6 is 0 Å². The molecule has 0 aliphatic carbocycles. The first-order chi connectivity index (χ1) is 15.1. The topological polar surface area (TPSA) is 74.2 Å². The van der Waals surface area contributed by atoms with Crippen LogP contribution in [0.1, 0.15) is 11.3 Å². The lowest BCUT2D eigenvalue weighted by molar-refractivity contribution is -0.126. The molecular formula is C23H23FN6O. The predicted molar refractivity (Wildman–Crippen MR) is 119 cm³/mol. The first kappa shape index (κ1) is 20.5. The number of nitrogens with zero attached hydrogens (tertiary/aromatic N) is 5. The molecule has 4 rings (SSSR count). The molecule has 8 heteroatoms. The Labute approximate surface area is 180 Å². The van der Waals surface area contributed by atoms with Crippen LogP contribution in [0.3, 0.4) is 0 Å². The van der Waals surface area contributed by atoms with E-state index in [0.29, 0.717) is 37.6 Å². The second-order valence-electron chi connectivity index (χ2n) is 7.23. The molecule has 1 fully saturated rings. The molecule has 1 aromatic carbocycles. The number of anilines is 3. The van der Waals surface area contributed by atoms with E-state index in [1.165, 1.54) is 18.2 Å². The number of aryl methyl sites for hydroxylation is 1. The van der Waals surface area contributed by atoms with E-state index in [0.717, 1.165) is 17.3 Å². The molecule has 1 aliphatic heterocycles. The summed E-state index contributed by atoms with van der Waals surface area (Å²) in [4.78, 5) is 20.7. The molecule has 0 bridgehead atoms. The average Bonchev–Trinajstić information content (AvgIpc) is 2.79. The quantitative estimate of drug-likeness (QED) is 0.640.